The van der Waals surface area contributed by atoms with Crippen LogP contribution in [0.4, 0.5) is 0 Å². The highest BCUT2D eigenvalue weighted by molar-refractivity contribution is 6.42. The van der Waals surface area contributed by atoms with Gasteiger partial charge in [0.25, 0.3) is 11.8 Å². The number of nitrogens with zero attached hydrogens (tertiary/aromatic N) is 6. The van der Waals surface area contributed by atoms with Gasteiger partial charge in [-0.2, -0.15) is 5.10 Å². The van der Waals surface area contributed by atoms with E-state index < -0.39 is 5.60 Å². The van der Waals surface area contributed by atoms with Crippen molar-refractivity contribution in [2.75, 3.05) is 6.54 Å². The Balaban J connectivity index is 1.45. The second-order valence-corrected chi connectivity index (χ2v) is 11.5. The van der Waals surface area contributed by atoms with Crippen LogP contribution in [0.5, 0.6) is 0 Å². The van der Waals surface area contributed by atoms with Gasteiger partial charge in [-0.15, -0.1) is 0 Å². The van der Waals surface area contributed by atoms with E-state index in [9.17, 15) is 14.7 Å². The number of aromatic nitrogens is 4. The third kappa shape index (κ3) is 4.57. The van der Waals surface area contributed by atoms with Crippen molar-refractivity contribution in [3.05, 3.63) is 74.5 Å². The van der Waals surface area contributed by atoms with E-state index in [1.165, 1.54) is 0 Å². The van der Waals surface area contributed by atoms with Gasteiger partial charge in [-0.1, -0.05) is 23.2 Å². The van der Waals surface area contributed by atoms with Crippen LogP contribution < -0.4 is 0 Å². The number of fused-ring (bicyclic) bond motifs is 3. The summed E-state index contributed by atoms with van der Waals surface area (Å²) in [5.41, 5.74) is 2.20. The Kier molecular flexibility index (Phi) is 6.74. The number of halogens is 2. The Morgan fingerprint density at radius 2 is 1.82 bits per heavy atom. The van der Waals surface area contributed by atoms with Crippen molar-refractivity contribution in [2.45, 2.75) is 71.3 Å². The van der Waals surface area contributed by atoms with Crippen LogP contribution >= 0.6 is 23.2 Å². The molecule has 11 heteroatoms. The Labute approximate surface area is 231 Å². The monoisotopic (exact) mass is 556 g/mol. The minimum Gasteiger partial charge on any atom is -0.382 e. The molecule has 2 aromatic heterocycles. The predicted molar refractivity (Wildman–Crippen MR) is 143 cm³/mol. The maximum Gasteiger partial charge on any atom is 0.273 e. The van der Waals surface area contributed by atoms with E-state index >= 15 is 0 Å². The Morgan fingerprint density at radius 3 is 2.45 bits per heavy atom. The van der Waals surface area contributed by atoms with Crippen molar-refractivity contribution in [1.82, 2.24) is 29.5 Å². The fourth-order valence-corrected chi connectivity index (χ4v) is 5.44. The summed E-state index contributed by atoms with van der Waals surface area (Å²) in [5.74, 6) is -0.000522. The van der Waals surface area contributed by atoms with Crippen molar-refractivity contribution in [1.29, 1.82) is 0 Å². The minimum atomic E-state index is -1.15. The molecule has 2 amide bonds. The lowest BCUT2D eigenvalue weighted by atomic mass is 9.96. The van der Waals surface area contributed by atoms with Gasteiger partial charge in [-0.05, 0) is 52.8 Å². The van der Waals surface area contributed by atoms with E-state index in [4.69, 9.17) is 28.3 Å². The molecule has 5 rings (SSSR count). The molecule has 4 heterocycles. The molecule has 2 aliphatic heterocycles. The highest BCUT2D eigenvalue weighted by Crippen LogP contribution is 2.35. The molecule has 3 atom stereocenters. The molecule has 1 N–H and O–H groups in total. The van der Waals surface area contributed by atoms with Crippen LogP contribution in [0.1, 0.15) is 90.2 Å². The van der Waals surface area contributed by atoms with Crippen molar-refractivity contribution in [3.63, 3.8) is 0 Å². The molecule has 9 nitrogen and oxygen atoms in total. The van der Waals surface area contributed by atoms with Crippen LogP contribution in [-0.2, 0) is 18.6 Å². The van der Waals surface area contributed by atoms with Gasteiger partial charge in [0, 0.05) is 48.1 Å². The zero-order chi connectivity index (χ0) is 27.5. The van der Waals surface area contributed by atoms with E-state index in [0.717, 1.165) is 16.8 Å². The molecule has 0 bridgehead atoms. The molecular weight excluding hydrogens is 527 g/mol. The van der Waals surface area contributed by atoms with Crippen LogP contribution in [0.25, 0.3) is 0 Å². The average Bonchev–Trinajstić information content (AvgIpc) is 3.25. The molecule has 0 aliphatic carbocycles. The number of hydrogen-bond donors (Lipinski definition) is 1. The van der Waals surface area contributed by atoms with Gasteiger partial charge in [-0.3, -0.25) is 14.3 Å². The second-order valence-electron chi connectivity index (χ2n) is 10.7. The normalized spacial score (nSPS) is 20.3. The largest absolute Gasteiger partial charge is 0.382 e. The summed E-state index contributed by atoms with van der Waals surface area (Å²) in [6, 6.07) is 4.39. The maximum atomic E-state index is 13.9. The lowest BCUT2D eigenvalue weighted by Crippen LogP contribution is -2.45. The summed E-state index contributed by atoms with van der Waals surface area (Å²) >= 11 is 12.2. The average molecular weight is 557 g/mol. The lowest BCUT2D eigenvalue weighted by molar-refractivity contribution is 0.0570. The van der Waals surface area contributed by atoms with E-state index in [1.807, 2.05) is 25.5 Å². The number of amides is 2. The SMILES string of the molecule is C[C@@H]1Cc2nn3c(c2CN1C(=O)c1ccc(Cl)c(Cl)c1)C(=O)N([C@H](C)c1cnc(C(C)(C)O)nc1)C[C@H]3C. The number of benzene rings is 1. The van der Waals surface area contributed by atoms with E-state index in [2.05, 4.69) is 9.97 Å². The third-order valence-corrected chi connectivity index (χ3v) is 8.12. The van der Waals surface area contributed by atoms with Crippen LogP contribution in [0.3, 0.4) is 0 Å². The quantitative estimate of drug-likeness (QED) is 0.504. The highest BCUT2D eigenvalue weighted by Gasteiger charge is 2.40. The molecule has 38 heavy (non-hydrogen) atoms. The van der Waals surface area contributed by atoms with Crippen molar-refractivity contribution in [3.8, 4) is 0 Å². The van der Waals surface area contributed by atoms with Crippen LogP contribution in [0.2, 0.25) is 10.0 Å². The molecule has 0 saturated heterocycles. The van der Waals surface area contributed by atoms with Gasteiger partial charge in [0.1, 0.15) is 11.3 Å². The van der Waals surface area contributed by atoms with E-state index in [0.29, 0.717) is 40.1 Å². The second kappa shape index (κ2) is 9.63. The molecule has 1 aromatic carbocycles. The van der Waals surface area contributed by atoms with Gasteiger partial charge < -0.3 is 14.9 Å². The summed E-state index contributed by atoms with van der Waals surface area (Å²) in [5, 5.41) is 15.7. The Morgan fingerprint density at radius 1 is 1.13 bits per heavy atom. The molecule has 3 aromatic rings. The first-order valence-corrected chi connectivity index (χ1v) is 13.3. The van der Waals surface area contributed by atoms with Crippen molar-refractivity contribution >= 4 is 35.0 Å². The number of carbonyl (C=O) groups is 2. The zero-order valence-corrected chi connectivity index (χ0v) is 23.5. The van der Waals surface area contributed by atoms with E-state index in [1.54, 1.807) is 54.2 Å². The standard InChI is InChI=1S/C27H30Cl2N6O3/c1-14-8-22-19(13-33(14)24(36)17-6-7-20(28)21(29)9-17)23-25(37)34(12-15(2)35(23)32-22)16(3)18-10-30-26(31-11-18)27(4,5)38/h6-7,9-11,14-16,38H,8,12-13H2,1-5H3/t14-,15-,16-/m1/s1. The molecule has 0 spiro atoms. The lowest BCUT2D eigenvalue weighted by Gasteiger charge is -2.37. The van der Waals surface area contributed by atoms with Gasteiger partial charge in [0.2, 0.25) is 0 Å². The summed E-state index contributed by atoms with van der Waals surface area (Å²) in [4.78, 5) is 39.5. The summed E-state index contributed by atoms with van der Waals surface area (Å²) in [6.45, 7) is 9.95. The molecule has 200 valence electrons. The van der Waals surface area contributed by atoms with Gasteiger partial charge in [0.15, 0.2) is 5.82 Å². The van der Waals surface area contributed by atoms with E-state index in [-0.39, 0.29) is 36.5 Å². The molecule has 0 fully saturated rings. The molecular formula is C27H30Cl2N6O3. The first-order chi connectivity index (χ1) is 17.9. The third-order valence-electron chi connectivity index (χ3n) is 7.38. The number of aliphatic hydroxyl groups is 1. The fourth-order valence-electron chi connectivity index (χ4n) is 5.14. The smallest absolute Gasteiger partial charge is 0.273 e. The van der Waals surface area contributed by atoms with Gasteiger partial charge in [0.05, 0.1) is 34.4 Å². The summed E-state index contributed by atoms with van der Waals surface area (Å²) < 4.78 is 1.81. The van der Waals surface area contributed by atoms with Crippen molar-refractivity contribution < 1.29 is 14.7 Å². The zero-order valence-electron chi connectivity index (χ0n) is 21.9. The van der Waals surface area contributed by atoms with Gasteiger partial charge in [-0.25, -0.2) is 9.97 Å². The molecule has 0 radical (unpaired) electrons. The van der Waals surface area contributed by atoms with Crippen molar-refractivity contribution in [2.24, 2.45) is 0 Å². The minimum absolute atomic E-state index is 0.0538. The van der Waals surface area contributed by atoms with Crippen LogP contribution in [0.15, 0.2) is 30.6 Å². The maximum absolute atomic E-state index is 13.9. The summed E-state index contributed by atoms with van der Waals surface area (Å²) in [6.07, 6.45) is 3.86. The molecule has 2 aliphatic rings. The number of rotatable bonds is 4. The van der Waals surface area contributed by atoms with Crippen LogP contribution in [-0.4, -0.2) is 59.1 Å². The number of carbonyl (C=O) groups excluding carboxylic acids is 2. The topological polar surface area (TPSA) is 104 Å². The Hall–Kier alpha value is -3.01. The summed E-state index contributed by atoms with van der Waals surface area (Å²) in [7, 11) is 0. The molecule has 0 unspecified atom stereocenters. The van der Waals surface area contributed by atoms with Gasteiger partial charge >= 0.3 is 0 Å². The predicted octanol–water partition coefficient (Wildman–Crippen LogP) is 4.57. The van der Waals surface area contributed by atoms with Crippen LogP contribution in [0, 0.1) is 0 Å². The number of hydrogen-bond acceptors (Lipinski definition) is 6. The first kappa shape index (κ1) is 26.6. The first-order valence-electron chi connectivity index (χ1n) is 12.6. The molecule has 0 saturated carbocycles. The highest BCUT2D eigenvalue weighted by atomic mass is 35.5. The fraction of sp³-hybridized carbons (Fsp3) is 0.444. The Bertz CT molecular complexity index is 1420.